The molecule has 1 amide bonds. The van der Waals surface area contributed by atoms with Gasteiger partial charge in [0.25, 0.3) is 5.91 Å². The van der Waals surface area contributed by atoms with Crippen LogP contribution in [-0.4, -0.2) is 18.5 Å². The summed E-state index contributed by atoms with van der Waals surface area (Å²) in [5.74, 6) is -0.803. The fourth-order valence-corrected chi connectivity index (χ4v) is 3.15. The van der Waals surface area contributed by atoms with Crippen molar-refractivity contribution in [1.29, 1.82) is 0 Å². The molecule has 138 valence electrons. The predicted molar refractivity (Wildman–Crippen MR) is 105 cm³/mol. The fourth-order valence-electron chi connectivity index (χ4n) is 3.15. The highest BCUT2D eigenvalue weighted by molar-refractivity contribution is 5.97. The summed E-state index contributed by atoms with van der Waals surface area (Å²) in [5, 5.41) is 2.79. The van der Waals surface area contributed by atoms with Gasteiger partial charge in [-0.05, 0) is 87.9 Å². The monoisotopic (exact) mass is 353 g/mol. The molecule has 0 aromatic heterocycles. The number of ether oxygens (including phenoxy) is 1. The number of aryl methyl sites for hydroxylation is 2. The molecule has 0 unspecified atom stereocenters. The summed E-state index contributed by atoms with van der Waals surface area (Å²) in [7, 11) is 0. The van der Waals surface area contributed by atoms with Crippen molar-refractivity contribution in [2.45, 2.75) is 48.5 Å². The lowest BCUT2D eigenvalue weighted by molar-refractivity contribution is -0.119. The average Bonchev–Trinajstić information content (AvgIpc) is 2.59. The van der Waals surface area contributed by atoms with Crippen molar-refractivity contribution in [3.63, 3.8) is 0 Å². The van der Waals surface area contributed by atoms with Gasteiger partial charge in [0.1, 0.15) is 0 Å². The Labute approximate surface area is 155 Å². The van der Waals surface area contributed by atoms with E-state index in [9.17, 15) is 9.59 Å². The molecule has 0 saturated heterocycles. The molecule has 2 aromatic carbocycles. The lowest BCUT2D eigenvalue weighted by atomic mass is 9.90. The van der Waals surface area contributed by atoms with Crippen LogP contribution < -0.4 is 5.32 Å². The molecule has 0 bridgehead atoms. The molecule has 0 fully saturated rings. The third-order valence-corrected chi connectivity index (χ3v) is 5.19. The third kappa shape index (κ3) is 3.96. The summed E-state index contributed by atoms with van der Waals surface area (Å²) in [4.78, 5) is 24.7. The quantitative estimate of drug-likeness (QED) is 0.815. The van der Waals surface area contributed by atoms with Crippen LogP contribution in [0.3, 0.4) is 0 Å². The van der Waals surface area contributed by atoms with Gasteiger partial charge in [0, 0.05) is 5.69 Å². The molecule has 4 heteroatoms. The van der Waals surface area contributed by atoms with E-state index in [4.69, 9.17) is 4.74 Å². The van der Waals surface area contributed by atoms with Crippen molar-refractivity contribution in [2.75, 3.05) is 11.9 Å². The van der Waals surface area contributed by atoms with Crippen LogP contribution in [0.1, 0.15) is 49.3 Å². The summed E-state index contributed by atoms with van der Waals surface area (Å²) in [5.41, 5.74) is 8.56. The second-order valence-electron chi connectivity index (χ2n) is 6.94. The Hall–Kier alpha value is -2.62. The predicted octanol–water partition coefficient (Wildman–Crippen LogP) is 4.64. The van der Waals surface area contributed by atoms with Gasteiger partial charge in [-0.2, -0.15) is 0 Å². The Morgan fingerprint density at radius 3 is 1.92 bits per heavy atom. The highest BCUT2D eigenvalue weighted by Gasteiger charge is 2.20. The number of anilines is 1. The van der Waals surface area contributed by atoms with Gasteiger partial charge in [0.15, 0.2) is 6.61 Å². The molecular weight excluding hydrogens is 326 g/mol. The molecule has 0 spiro atoms. The van der Waals surface area contributed by atoms with E-state index in [1.165, 1.54) is 5.56 Å². The fraction of sp³-hybridized carbons (Fsp3) is 0.364. The lowest BCUT2D eigenvalue weighted by Crippen LogP contribution is -2.22. The van der Waals surface area contributed by atoms with Crippen molar-refractivity contribution >= 4 is 17.6 Å². The molecule has 0 atom stereocenters. The first-order valence-electron chi connectivity index (χ1n) is 8.74. The van der Waals surface area contributed by atoms with E-state index in [0.29, 0.717) is 5.56 Å². The van der Waals surface area contributed by atoms with Crippen LogP contribution in [0, 0.1) is 48.5 Å². The van der Waals surface area contributed by atoms with E-state index >= 15 is 0 Å². The molecule has 0 saturated carbocycles. The maximum Gasteiger partial charge on any atom is 0.339 e. The van der Waals surface area contributed by atoms with Crippen LogP contribution in [0.2, 0.25) is 0 Å². The number of carbonyl (C=O) groups is 2. The molecule has 0 aliphatic carbocycles. The molecule has 2 aromatic rings. The van der Waals surface area contributed by atoms with Gasteiger partial charge in [-0.15, -0.1) is 0 Å². The van der Waals surface area contributed by atoms with Gasteiger partial charge in [-0.1, -0.05) is 17.7 Å². The smallest absolute Gasteiger partial charge is 0.339 e. The van der Waals surface area contributed by atoms with Crippen LogP contribution in [-0.2, 0) is 9.53 Å². The summed E-state index contributed by atoms with van der Waals surface area (Å²) in [6.45, 7) is 13.5. The van der Waals surface area contributed by atoms with Crippen LogP contribution >= 0.6 is 0 Å². The molecule has 0 heterocycles. The Kier molecular flexibility index (Phi) is 5.86. The number of carbonyl (C=O) groups excluding carboxylic acids is 2. The van der Waals surface area contributed by atoms with E-state index in [1.807, 2.05) is 59.7 Å². The topological polar surface area (TPSA) is 55.4 Å². The summed E-state index contributed by atoms with van der Waals surface area (Å²) < 4.78 is 5.29. The number of esters is 1. The van der Waals surface area contributed by atoms with Crippen LogP contribution in [0.4, 0.5) is 5.69 Å². The molecule has 0 aliphatic heterocycles. The molecule has 2 rings (SSSR count). The number of amides is 1. The lowest BCUT2D eigenvalue weighted by Gasteiger charge is -2.17. The van der Waals surface area contributed by atoms with Gasteiger partial charge in [0.2, 0.25) is 0 Å². The van der Waals surface area contributed by atoms with E-state index < -0.39 is 5.97 Å². The summed E-state index contributed by atoms with van der Waals surface area (Å²) >= 11 is 0. The minimum absolute atomic E-state index is 0.309. The highest BCUT2D eigenvalue weighted by atomic mass is 16.5. The highest BCUT2D eigenvalue weighted by Crippen LogP contribution is 2.26. The van der Waals surface area contributed by atoms with Gasteiger partial charge in [-0.25, -0.2) is 4.79 Å². The van der Waals surface area contributed by atoms with Crippen LogP contribution in [0.15, 0.2) is 18.2 Å². The maximum atomic E-state index is 12.6. The number of hydrogen-bond donors (Lipinski definition) is 1. The Balaban J connectivity index is 2.11. The summed E-state index contributed by atoms with van der Waals surface area (Å²) in [6.07, 6.45) is 0. The first-order chi connectivity index (χ1) is 12.1. The van der Waals surface area contributed by atoms with Gasteiger partial charge in [0.05, 0.1) is 5.56 Å². The maximum absolute atomic E-state index is 12.6. The summed E-state index contributed by atoms with van der Waals surface area (Å²) in [6, 6.07) is 5.77. The number of nitrogens with one attached hydrogen (secondary N) is 1. The molecule has 1 N–H and O–H groups in total. The Morgan fingerprint density at radius 2 is 1.38 bits per heavy atom. The average molecular weight is 353 g/mol. The normalized spacial score (nSPS) is 10.6. The molecule has 26 heavy (non-hydrogen) atoms. The zero-order valence-corrected chi connectivity index (χ0v) is 16.7. The molecule has 0 aliphatic rings. The van der Waals surface area contributed by atoms with E-state index in [0.717, 1.165) is 39.1 Å². The van der Waals surface area contributed by atoms with Crippen LogP contribution in [0.5, 0.6) is 0 Å². The van der Waals surface area contributed by atoms with Crippen molar-refractivity contribution in [1.82, 2.24) is 0 Å². The standard InChI is InChI=1S/C22H27NO3/c1-12-8-9-19(13(2)10-12)23-20(24)11-26-22(25)21-17(6)15(4)14(3)16(5)18(21)7/h8-10H,11H2,1-7H3,(H,23,24). The van der Waals surface area contributed by atoms with E-state index in [2.05, 4.69) is 12.2 Å². The van der Waals surface area contributed by atoms with Gasteiger partial charge < -0.3 is 10.1 Å². The first-order valence-corrected chi connectivity index (χ1v) is 8.74. The van der Waals surface area contributed by atoms with Crippen molar-refractivity contribution < 1.29 is 14.3 Å². The minimum atomic E-state index is -0.457. The van der Waals surface area contributed by atoms with Crippen LogP contribution in [0.25, 0.3) is 0 Å². The number of hydrogen-bond acceptors (Lipinski definition) is 3. The van der Waals surface area contributed by atoms with E-state index in [-0.39, 0.29) is 12.5 Å². The second kappa shape index (κ2) is 7.73. The Morgan fingerprint density at radius 1 is 0.846 bits per heavy atom. The van der Waals surface area contributed by atoms with Gasteiger partial charge in [-0.3, -0.25) is 4.79 Å². The molecule has 4 nitrogen and oxygen atoms in total. The van der Waals surface area contributed by atoms with E-state index in [1.54, 1.807) is 0 Å². The minimum Gasteiger partial charge on any atom is -0.452 e. The first kappa shape index (κ1) is 19.7. The largest absolute Gasteiger partial charge is 0.452 e. The number of rotatable bonds is 4. The Bertz CT molecular complexity index is 852. The molecule has 0 radical (unpaired) electrons. The zero-order valence-electron chi connectivity index (χ0n) is 16.7. The second-order valence-corrected chi connectivity index (χ2v) is 6.94. The molecular formula is C22H27NO3. The van der Waals surface area contributed by atoms with Crippen molar-refractivity contribution in [2.24, 2.45) is 0 Å². The number of benzene rings is 2. The van der Waals surface area contributed by atoms with Crippen molar-refractivity contribution in [3.8, 4) is 0 Å². The SMILES string of the molecule is Cc1ccc(NC(=O)COC(=O)c2c(C)c(C)c(C)c(C)c2C)c(C)c1. The third-order valence-electron chi connectivity index (χ3n) is 5.19. The van der Waals surface area contributed by atoms with Crippen molar-refractivity contribution in [3.05, 3.63) is 62.7 Å². The van der Waals surface area contributed by atoms with Gasteiger partial charge >= 0.3 is 5.97 Å². The zero-order chi connectivity index (χ0) is 19.6.